The van der Waals surface area contributed by atoms with Crippen LogP contribution in [0.5, 0.6) is 0 Å². The molecule has 1 saturated heterocycles. The molecule has 1 aromatic heterocycles. The third-order valence-electron chi connectivity index (χ3n) is 3.03. The smallest absolute Gasteiger partial charge is 0.246 e. The summed E-state index contributed by atoms with van der Waals surface area (Å²) in [7, 11) is 0. The number of nitrogens with one attached hydrogen (secondary N) is 1. The van der Waals surface area contributed by atoms with Crippen molar-refractivity contribution in [1.29, 1.82) is 0 Å². The molecule has 0 radical (unpaired) electrons. The quantitative estimate of drug-likeness (QED) is 0.920. The van der Waals surface area contributed by atoms with Gasteiger partial charge in [0.15, 0.2) is 0 Å². The Labute approximate surface area is 119 Å². The third-order valence-corrected chi connectivity index (χ3v) is 3.68. The van der Waals surface area contributed by atoms with Crippen LogP contribution in [0.2, 0.25) is 0 Å². The van der Waals surface area contributed by atoms with Crippen LogP contribution in [0.3, 0.4) is 0 Å². The Morgan fingerprint density at radius 2 is 2.32 bits per heavy atom. The van der Waals surface area contributed by atoms with Gasteiger partial charge in [0.05, 0.1) is 13.2 Å². The van der Waals surface area contributed by atoms with Crippen LogP contribution in [0.15, 0.2) is 27.2 Å². The first kappa shape index (κ1) is 12.8. The molecule has 1 fully saturated rings. The summed E-state index contributed by atoms with van der Waals surface area (Å²) in [6, 6.07) is 6.03. The highest BCUT2D eigenvalue weighted by molar-refractivity contribution is 9.10. The average Bonchev–Trinajstić information content (AvgIpc) is 2.89. The summed E-state index contributed by atoms with van der Waals surface area (Å²) in [5.41, 5.74) is 2.11. The Morgan fingerprint density at radius 3 is 3.05 bits per heavy atom. The number of benzene rings is 1. The summed E-state index contributed by atoms with van der Waals surface area (Å²) in [4.78, 5) is 4.44. The zero-order chi connectivity index (χ0) is 13.2. The van der Waals surface area contributed by atoms with E-state index in [1.54, 1.807) is 0 Å². The van der Waals surface area contributed by atoms with Crippen LogP contribution in [-0.2, 0) is 4.74 Å². The van der Waals surface area contributed by atoms with Gasteiger partial charge in [-0.05, 0) is 24.6 Å². The van der Waals surface area contributed by atoms with Crippen LogP contribution < -0.4 is 5.32 Å². The number of hydrogen-bond acceptors (Lipinski definition) is 5. The molecule has 0 amide bonds. The predicted molar refractivity (Wildman–Crippen MR) is 73.7 cm³/mol. The lowest BCUT2D eigenvalue weighted by Gasteiger charge is -2.20. The highest BCUT2D eigenvalue weighted by atomic mass is 79.9. The second kappa shape index (κ2) is 5.40. The largest absolute Gasteiger partial charge is 0.378 e. The molecular formula is C13H14BrN3O2. The molecule has 0 spiro atoms. The van der Waals surface area contributed by atoms with Crippen LogP contribution in [0.4, 0.5) is 0 Å². The third kappa shape index (κ3) is 2.70. The van der Waals surface area contributed by atoms with E-state index in [1.165, 1.54) is 5.56 Å². The van der Waals surface area contributed by atoms with Crippen LogP contribution >= 0.6 is 15.9 Å². The Morgan fingerprint density at radius 1 is 1.42 bits per heavy atom. The minimum absolute atomic E-state index is 0.0146. The number of ether oxygens (including phenoxy) is 1. The van der Waals surface area contributed by atoms with E-state index in [1.807, 2.05) is 25.1 Å². The predicted octanol–water partition coefficient (Wildman–Crippen LogP) is 2.47. The van der Waals surface area contributed by atoms with Crippen LogP contribution in [-0.4, -0.2) is 29.9 Å². The zero-order valence-corrected chi connectivity index (χ0v) is 12.1. The lowest BCUT2D eigenvalue weighted by atomic mass is 10.1. The summed E-state index contributed by atoms with van der Waals surface area (Å²) in [5, 5.41) is 7.33. The topological polar surface area (TPSA) is 60.2 Å². The molecule has 100 valence electrons. The van der Waals surface area contributed by atoms with E-state index in [0.29, 0.717) is 18.3 Å². The van der Waals surface area contributed by atoms with Crippen molar-refractivity contribution in [3.05, 3.63) is 34.1 Å². The first-order chi connectivity index (χ1) is 9.24. The summed E-state index contributed by atoms with van der Waals surface area (Å²) >= 11 is 3.53. The number of rotatable bonds is 2. The summed E-state index contributed by atoms with van der Waals surface area (Å²) in [5.74, 6) is 1.16. The van der Waals surface area contributed by atoms with E-state index in [0.717, 1.165) is 23.2 Å². The van der Waals surface area contributed by atoms with Crippen molar-refractivity contribution >= 4 is 15.9 Å². The fourth-order valence-electron chi connectivity index (χ4n) is 2.01. The van der Waals surface area contributed by atoms with Gasteiger partial charge in [-0.3, -0.25) is 0 Å². The minimum atomic E-state index is -0.0146. The normalized spacial score (nSPS) is 19.6. The minimum Gasteiger partial charge on any atom is -0.378 e. The molecular weight excluding hydrogens is 310 g/mol. The van der Waals surface area contributed by atoms with E-state index in [4.69, 9.17) is 9.26 Å². The monoisotopic (exact) mass is 323 g/mol. The fraction of sp³-hybridized carbons (Fsp3) is 0.385. The number of hydrogen-bond donors (Lipinski definition) is 1. The van der Waals surface area contributed by atoms with E-state index in [9.17, 15) is 0 Å². The van der Waals surface area contributed by atoms with Crippen LogP contribution in [0.1, 0.15) is 17.5 Å². The second-order valence-corrected chi connectivity index (χ2v) is 5.38. The molecule has 0 saturated carbocycles. The van der Waals surface area contributed by atoms with Crippen molar-refractivity contribution in [2.45, 2.75) is 13.0 Å². The summed E-state index contributed by atoms with van der Waals surface area (Å²) in [6.45, 7) is 4.13. The van der Waals surface area contributed by atoms with Crippen molar-refractivity contribution < 1.29 is 9.26 Å². The molecule has 1 aliphatic rings. The zero-order valence-electron chi connectivity index (χ0n) is 10.5. The van der Waals surface area contributed by atoms with Crippen molar-refractivity contribution in [2.75, 3.05) is 19.8 Å². The van der Waals surface area contributed by atoms with E-state index in [-0.39, 0.29) is 6.04 Å². The van der Waals surface area contributed by atoms with Crippen molar-refractivity contribution in [2.24, 2.45) is 0 Å². The van der Waals surface area contributed by atoms with Gasteiger partial charge in [-0.2, -0.15) is 4.98 Å². The van der Waals surface area contributed by atoms with Crippen LogP contribution in [0.25, 0.3) is 11.4 Å². The van der Waals surface area contributed by atoms with Gasteiger partial charge in [0, 0.05) is 16.6 Å². The molecule has 6 heteroatoms. The molecule has 1 unspecified atom stereocenters. The SMILES string of the molecule is Cc1ccc(-c2noc(C3COCCN3)n2)c(Br)c1. The number of morpholine rings is 1. The van der Waals surface area contributed by atoms with E-state index >= 15 is 0 Å². The number of aryl methyl sites for hydroxylation is 1. The number of aromatic nitrogens is 2. The molecule has 1 atom stereocenters. The van der Waals surface area contributed by atoms with Gasteiger partial charge in [-0.1, -0.05) is 27.2 Å². The van der Waals surface area contributed by atoms with Gasteiger partial charge in [-0.15, -0.1) is 0 Å². The molecule has 3 rings (SSSR count). The standard InChI is InChI=1S/C13H14BrN3O2/c1-8-2-3-9(10(14)6-8)12-16-13(19-17-12)11-7-18-5-4-15-11/h2-3,6,11,15H,4-5,7H2,1H3. The lowest BCUT2D eigenvalue weighted by molar-refractivity contribution is 0.0659. The average molecular weight is 324 g/mol. The maximum Gasteiger partial charge on any atom is 0.246 e. The lowest BCUT2D eigenvalue weighted by Crippen LogP contribution is -2.34. The molecule has 5 nitrogen and oxygen atoms in total. The number of nitrogens with zero attached hydrogens (tertiary/aromatic N) is 2. The van der Waals surface area contributed by atoms with Gasteiger partial charge in [0.25, 0.3) is 0 Å². The highest BCUT2D eigenvalue weighted by Crippen LogP contribution is 2.28. The molecule has 2 heterocycles. The van der Waals surface area contributed by atoms with Crippen molar-refractivity contribution in [3.63, 3.8) is 0 Å². The van der Waals surface area contributed by atoms with Gasteiger partial charge < -0.3 is 14.6 Å². The fourth-order valence-corrected chi connectivity index (χ4v) is 2.68. The molecule has 0 bridgehead atoms. The Hall–Kier alpha value is -1.24. The molecule has 1 aromatic carbocycles. The summed E-state index contributed by atoms with van der Waals surface area (Å²) < 4.78 is 11.7. The maximum absolute atomic E-state index is 5.39. The Kier molecular flexibility index (Phi) is 3.63. The summed E-state index contributed by atoms with van der Waals surface area (Å²) in [6.07, 6.45) is 0. The van der Waals surface area contributed by atoms with Gasteiger partial charge in [0.1, 0.15) is 6.04 Å². The maximum atomic E-state index is 5.39. The molecule has 2 aromatic rings. The second-order valence-electron chi connectivity index (χ2n) is 4.52. The Balaban J connectivity index is 1.87. The number of halogens is 1. The molecule has 1 aliphatic heterocycles. The first-order valence-corrected chi connectivity index (χ1v) is 6.94. The van der Waals surface area contributed by atoms with Crippen LogP contribution in [0, 0.1) is 6.92 Å². The van der Waals surface area contributed by atoms with E-state index < -0.39 is 0 Å². The van der Waals surface area contributed by atoms with Gasteiger partial charge in [-0.25, -0.2) is 0 Å². The van der Waals surface area contributed by atoms with Crippen molar-refractivity contribution in [3.8, 4) is 11.4 Å². The highest BCUT2D eigenvalue weighted by Gasteiger charge is 2.22. The van der Waals surface area contributed by atoms with Crippen molar-refractivity contribution in [1.82, 2.24) is 15.5 Å². The molecule has 1 N–H and O–H groups in total. The Bertz CT molecular complexity index is 579. The molecule has 19 heavy (non-hydrogen) atoms. The van der Waals surface area contributed by atoms with Gasteiger partial charge >= 0.3 is 0 Å². The van der Waals surface area contributed by atoms with Gasteiger partial charge in [0.2, 0.25) is 11.7 Å². The first-order valence-electron chi connectivity index (χ1n) is 6.15. The van der Waals surface area contributed by atoms with E-state index in [2.05, 4.69) is 31.4 Å². The molecule has 0 aliphatic carbocycles.